The van der Waals surface area contributed by atoms with Gasteiger partial charge in [-0.1, -0.05) is 11.6 Å². The number of halogens is 3. The summed E-state index contributed by atoms with van der Waals surface area (Å²) >= 11 is 5.70. The van der Waals surface area contributed by atoms with E-state index in [0.717, 1.165) is 7.11 Å². The number of esters is 1. The monoisotopic (exact) mass is 250 g/mol. The van der Waals surface area contributed by atoms with E-state index in [1.54, 1.807) is 0 Å². The fourth-order valence-corrected chi connectivity index (χ4v) is 1.27. The number of pyridine rings is 1. The molecule has 1 aromatic rings. The van der Waals surface area contributed by atoms with E-state index in [4.69, 9.17) is 17.3 Å². The number of methoxy groups -OCH3 is 1. The van der Waals surface area contributed by atoms with E-state index >= 15 is 0 Å². The second-order valence-corrected chi connectivity index (χ2v) is 3.33. The van der Waals surface area contributed by atoms with Crippen molar-refractivity contribution in [2.75, 3.05) is 12.8 Å². The molecule has 4 nitrogen and oxygen atoms in total. The van der Waals surface area contributed by atoms with Crippen molar-refractivity contribution in [2.24, 2.45) is 0 Å². The van der Waals surface area contributed by atoms with Crippen molar-refractivity contribution in [1.29, 1.82) is 0 Å². The minimum atomic E-state index is -2.57. The molecule has 0 spiro atoms. The van der Waals surface area contributed by atoms with Gasteiger partial charge in [0, 0.05) is 5.69 Å². The number of ether oxygens (including phenoxy) is 1. The molecule has 1 aromatic heterocycles. The number of hydrogen-bond donors (Lipinski definition) is 1. The fourth-order valence-electron chi connectivity index (χ4n) is 1.10. The Balaban J connectivity index is 3.16. The lowest BCUT2D eigenvalue weighted by Gasteiger charge is -2.07. The van der Waals surface area contributed by atoms with Crippen molar-refractivity contribution >= 4 is 23.3 Å². The lowest BCUT2D eigenvalue weighted by molar-refractivity contribution is 0.0593. The second kappa shape index (κ2) is 5.07. The summed E-state index contributed by atoms with van der Waals surface area (Å²) in [6.07, 6.45) is -3.16. The standard InChI is InChI=1S/C9H9ClF2N2O2/c1-16-9(15)8-7(10)5(13)2-4(14-8)3-6(11)12/h2,6H,3H2,1H3,(H2,13,14). The zero-order valence-corrected chi connectivity index (χ0v) is 9.09. The first kappa shape index (κ1) is 12.6. The summed E-state index contributed by atoms with van der Waals surface area (Å²) < 4.78 is 28.7. The van der Waals surface area contributed by atoms with Crippen molar-refractivity contribution in [2.45, 2.75) is 12.8 Å². The maximum atomic E-state index is 12.1. The first-order chi connectivity index (χ1) is 7.45. The van der Waals surface area contributed by atoms with Gasteiger partial charge in [-0.2, -0.15) is 0 Å². The van der Waals surface area contributed by atoms with Gasteiger partial charge in [-0.3, -0.25) is 0 Å². The fraction of sp³-hybridized carbons (Fsp3) is 0.333. The van der Waals surface area contributed by atoms with Gasteiger partial charge < -0.3 is 10.5 Å². The molecule has 0 aromatic carbocycles. The highest BCUT2D eigenvalue weighted by molar-refractivity contribution is 6.35. The molecule has 1 rings (SSSR count). The third-order valence-corrected chi connectivity index (χ3v) is 2.18. The Morgan fingerprint density at radius 3 is 2.81 bits per heavy atom. The summed E-state index contributed by atoms with van der Waals surface area (Å²) in [4.78, 5) is 14.9. The molecular weight excluding hydrogens is 242 g/mol. The predicted molar refractivity (Wildman–Crippen MR) is 54.7 cm³/mol. The highest BCUT2D eigenvalue weighted by Crippen LogP contribution is 2.24. The van der Waals surface area contributed by atoms with Crippen molar-refractivity contribution in [1.82, 2.24) is 4.98 Å². The number of aromatic nitrogens is 1. The Morgan fingerprint density at radius 1 is 1.69 bits per heavy atom. The molecule has 0 unspecified atom stereocenters. The van der Waals surface area contributed by atoms with Crippen molar-refractivity contribution in [3.8, 4) is 0 Å². The summed E-state index contributed by atoms with van der Waals surface area (Å²) in [5, 5.41) is -0.0927. The summed E-state index contributed by atoms with van der Waals surface area (Å²) in [6.45, 7) is 0. The van der Waals surface area contributed by atoms with E-state index in [1.165, 1.54) is 6.07 Å². The van der Waals surface area contributed by atoms with E-state index < -0.39 is 18.8 Å². The molecule has 0 saturated carbocycles. The van der Waals surface area contributed by atoms with E-state index in [9.17, 15) is 13.6 Å². The Kier molecular flexibility index (Phi) is 4.00. The molecule has 1 heterocycles. The molecule has 0 bridgehead atoms. The molecule has 88 valence electrons. The number of nitrogen functional groups attached to an aromatic ring is 1. The number of nitrogens with two attached hydrogens (primary N) is 1. The Labute approximate surface area is 95.4 Å². The predicted octanol–water partition coefficient (Wildman–Crippen LogP) is 1.91. The van der Waals surface area contributed by atoms with Gasteiger partial charge in [-0.15, -0.1) is 0 Å². The second-order valence-electron chi connectivity index (χ2n) is 2.95. The average Bonchev–Trinajstić information content (AvgIpc) is 2.21. The molecule has 0 atom stereocenters. The third-order valence-electron chi connectivity index (χ3n) is 1.78. The molecule has 0 saturated heterocycles. The van der Waals surface area contributed by atoms with Crippen LogP contribution in [0.3, 0.4) is 0 Å². The normalized spacial score (nSPS) is 10.6. The number of carbonyl (C=O) groups excluding carboxylic acids is 1. The number of nitrogens with zero attached hydrogens (tertiary/aromatic N) is 1. The van der Waals surface area contributed by atoms with Crippen molar-refractivity contribution in [3.63, 3.8) is 0 Å². The van der Waals surface area contributed by atoms with Crippen LogP contribution in [-0.4, -0.2) is 24.5 Å². The Bertz CT molecular complexity index is 413. The number of carbonyl (C=O) groups is 1. The van der Waals surface area contributed by atoms with Crippen LogP contribution in [0.4, 0.5) is 14.5 Å². The largest absolute Gasteiger partial charge is 0.464 e. The van der Waals surface area contributed by atoms with Crippen LogP contribution in [0.15, 0.2) is 6.07 Å². The zero-order valence-electron chi connectivity index (χ0n) is 8.34. The molecule has 0 aliphatic heterocycles. The van der Waals surface area contributed by atoms with Gasteiger partial charge in [0.25, 0.3) is 0 Å². The summed E-state index contributed by atoms with van der Waals surface area (Å²) in [5.74, 6) is -0.812. The topological polar surface area (TPSA) is 65.2 Å². The molecule has 7 heteroatoms. The molecule has 0 amide bonds. The van der Waals surface area contributed by atoms with Gasteiger partial charge >= 0.3 is 5.97 Å². The van der Waals surface area contributed by atoms with E-state index in [-0.39, 0.29) is 22.1 Å². The number of rotatable bonds is 3. The van der Waals surface area contributed by atoms with Crippen LogP contribution < -0.4 is 5.73 Å². The van der Waals surface area contributed by atoms with Gasteiger partial charge in [-0.05, 0) is 6.07 Å². The smallest absolute Gasteiger partial charge is 0.358 e. The van der Waals surface area contributed by atoms with Crippen LogP contribution in [0, 0.1) is 0 Å². The van der Waals surface area contributed by atoms with E-state index in [2.05, 4.69) is 9.72 Å². The summed E-state index contributed by atoms with van der Waals surface area (Å²) in [7, 11) is 1.14. The zero-order chi connectivity index (χ0) is 12.3. The van der Waals surface area contributed by atoms with Gasteiger partial charge in [0.2, 0.25) is 6.43 Å². The minimum absolute atomic E-state index is 0.00250. The molecule has 2 N–H and O–H groups in total. The van der Waals surface area contributed by atoms with Crippen molar-refractivity contribution < 1.29 is 18.3 Å². The SMILES string of the molecule is COC(=O)c1nc(CC(F)F)cc(N)c1Cl. The number of alkyl halides is 2. The first-order valence-electron chi connectivity index (χ1n) is 4.27. The molecule has 0 radical (unpaired) electrons. The van der Waals surface area contributed by atoms with Gasteiger partial charge in [0.1, 0.15) is 0 Å². The van der Waals surface area contributed by atoms with Crippen LogP contribution >= 0.6 is 11.6 Å². The lowest BCUT2D eigenvalue weighted by Crippen LogP contribution is -2.10. The molecule has 0 aliphatic carbocycles. The number of hydrogen-bond acceptors (Lipinski definition) is 4. The molecular formula is C9H9ClF2N2O2. The molecule has 0 aliphatic rings. The maximum Gasteiger partial charge on any atom is 0.358 e. The van der Waals surface area contributed by atoms with Gasteiger partial charge in [0.15, 0.2) is 5.69 Å². The van der Waals surface area contributed by atoms with Crippen LogP contribution in [0.25, 0.3) is 0 Å². The maximum absolute atomic E-state index is 12.1. The lowest BCUT2D eigenvalue weighted by atomic mass is 10.2. The summed E-state index contributed by atoms with van der Waals surface area (Å²) in [5.41, 5.74) is 5.23. The third kappa shape index (κ3) is 2.79. The van der Waals surface area contributed by atoms with Gasteiger partial charge in [-0.25, -0.2) is 18.6 Å². The molecule has 0 fully saturated rings. The first-order valence-corrected chi connectivity index (χ1v) is 4.64. The Hall–Kier alpha value is -1.43. The van der Waals surface area contributed by atoms with E-state index in [0.29, 0.717) is 0 Å². The van der Waals surface area contributed by atoms with E-state index in [1.807, 2.05) is 0 Å². The quantitative estimate of drug-likeness (QED) is 0.833. The van der Waals surface area contributed by atoms with Crippen LogP contribution in [0.5, 0.6) is 0 Å². The van der Waals surface area contributed by atoms with Crippen molar-refractivity contribution in [3.05, 3.63) is 22.5 Å². The average molecular weight is 251 g/mol. The minimum Gasteiger partial charge on any atom is -0.464 e. The molecule has 16 heavy (non-hydrogen) atoms. The number of anilines is 1. The van der Waals surface area contributed by atoms with Crippen LogP contribution in [0.2, 0.25) is 5.02 Å². The highest BCUT2D eigenvalue weighted by Gasteiger charge is 2.18. The van der Waals surface area contributed by atoms with Gasteiger partial charge in [0.05, 0.1) is 24.2 Å². The highest BCUT2D eigenvalue weighted by atomic mass is 35.5. The van der Waals surface area contributed by atoms with Crippen LogP contribution in [0.1, 0.15) is 16.2 Å². The van der Waals surface area contributed by atoms with Crippen LogP contribution in [-0.2, 0) is 11.2 Å². The summed E-state index contributed by atoms with van der Waals surface area (Å²) in [6, 6.07) is 1.21. The Morgan fingerprint density at radius 2 is 2.31 bits per heavy atom.